The molecule has 1 saturated carbocycles. The van der Waals surface area contributed by atoms with Crippen molar-refractivity contribution in [2.75, 3.05) is 6.61 Å². The fourth-order valence-electron chi connectivity index (χ4n) is 4.26. The minimum absolute atomic E-state index is 0.102. The molecule has 0 unspecified atom stereocenters. The number of hydrogen-bond donors (Lipinski definition) is 2. The summed E-state index contributed by atoms with van der Waals surface area (Å²) in [6, 6.07) is 10.5. The van der Waals surface area contributed by atoms with Crippen LogP contribution in [0.15, 0.2) is 42.6 Å². The second kappa shape index (κ2) is 8.44. The van der Waals surface area contributed by atoms with Crippen molar-refractivity contribution in [1.29, 1.82) is 0 Å². The summed E-state index contributed by atoms with van der Waals surface area (Å²) >= 11 is 0. The second-order valence-electron chi connectivity index (χ2n) is 8.73. The van der Waals surface area contributed by atoms with Gasteiger partial charge in [0.25, 0.3) is 0 Å². The maximum absolute atomic E-state index is 13.6. The normalized spacial score (nSPS) is 18.1. The third-order valence-electron chi connectivity index (χ3n) is 6.01. The van der Waals surface area contributed by atoms with Crippen LogP contribution in [0.25, 0.3) is 32.8 Å². The Morgan fingerprint density at radius 2 is 1.94 bits per heavy atom. The summed E-state index contributed by atoms with van der Waals surface area (Å²) in [5.41, 5.74) is 3.57. The SMILES string of the molecule is CC(C)c1nc(O[C@H]2C[C@@H](OCC(=O)O)C2)c2cc3[nH]ncc3cc2c1-c1ccc(F)cc1. The third-order valence-corrected chi connectivity index (χ3v) is 6.01. The van der Waals surface area contributed by atoms with Crippen LogP contribution in [0.1, 0.15) is 38.3 Å². The molecule has 0 aliphatic heterocycles. The number of nitrogens with one attached hydrogen (secondary N) is 1. The summed E-state index contributed by atoms with van der Waals surface area (Å²) in [7, 11) is 0. The average molecular weight is 449 g/mol. The summed E-state index contributed by atoms with van der Waals surface area (Å²) in [6.07, 6.45) is 2.77. The quantitative estimate of drug-likeness (QED) is 0.410. The van der Waals surface area contributed by atoms with E-state index in [4.69, 9.17) is 19.6 Å². The van der Waals surface area contributed by atoms with Crippen molar-refractivity contribution in [3.63, 3.8) is 0 Å². The van der Waals surface area contributed by atoms with Gasteiger partial charge >= 0.3 is 5.97 Å². The number of pyridine rings is 1. The highest BCUT2D eigenvalue weighted by Gasteiger charge is 2.33. The van der Waals surface area contributed by atoms with Crippen LogP contribution in [0.2, 0.25) is 0 Å². The molecule has 7 nitrogen and oxygen atoms in total. The number of H-pyrrole nitrogens is 1. The molecule has 1 fully saturated rings. The molecule has 0 atom stereocenters. The van der Waals surface area contributed by atoms with E-state index in [-0.39, 0.29) is 30.5 Å². The van der Waals surface area contributed by atoms with Gasteiger partial charge in [0, 0.05) is 29.2 Å². The first-order valence-electron chi connectivity index (χ1n) is 11.0. The van der Waals surface area contributed by atoms with E-state index < -0.39 is 5.97 Å². The topological polar surface area (TPSA) is 97.3 Å². The maximum Gasteiger partial charge on any atom is 0.329 e. The third kappa shape index (κ3) is 4.14. The Bertz CT molecular complexity index is 1330. The number of halogens is 1. The van der Waals surface area contributed by atoms with Gasteiger partial charge in [0.1, 0.15) is 18.5 Å². The number of ether oxygens (including phenoxy) is 2. The lowest BCUT2D eigenvalue weighted by molar-refractivity contribution is -0.149. The zero-order valence-electron chi connectivity index (χ0n) is 18.3. The minimum Gasteiger partial charge on any atom is -0.480 e. The zero-order chi connectivity index (χ0) is 23.1. The summed E-state index contributed by atoms with van der Waals surface area (Å²) in [5, 5.41) is 18.7. The highest BCUT2D eigenvalue weighted by atomic mass is 19.1. The van der Waals surface area contributed by atoms with Crippen LogP contribution in [-0.2, 0) is 9.53 Å². The Hall–Kier alpha value is -3.52. The van der Waals surface area contributed by atoms with Crippen LogP contribution in [0.5, 0.6) is 5.88 Å². The fourth-order valence-corrected chi connectivity index (χ4v) is 4.26. The first-order valence-corrected chi connectivity index (χ1v) is 11.0. The van der Waals surface area contributed by atoms with Crippen molar-refractivity contribution < 1.29 is 23.8 Å². The van der Waals surface area contributed by atoms with Crippen LogP contribution < -0.4 is 4.74 Å². The van der Waals surface area contributed by atoms with E-state index in [0.29, 0.717) is 18.7 Å². The Morgan fingerprint density at radius 3 is 2.64 bits per heavy atom. The molecule has 8 heteroatoms. The number of fused-ring (bicyclic) bond motifs is 2. The molecule has 0 bridgehead atoms. The Balaban J connectivity index is 1.59. The van der Waals surface area contributed by atoms with E-state index >= 15 is 0 Å². The second-order valence-corrected chi connectivity index (χ2v) is 8.73. The first-order chi connectivity index (χ1) is 15.9. The van der Waals surface area contributed by atoms with E-state index in [0.717, 1.165) is 38.5 Å². The minimum atomic E-state index is -0.978. The van der Waals surface area contributed by atoms with Gasteiger partial charge in [-0.15, -0.1) is 0 Å². The van der Waals surface area contributed by atoms with Crippen LogP contribution in [-0.4, -0.2) is 45.1 Å². The lowest BCUT2D eigenvalue weighted by atomic mass is 9.91. The molecule has 170 valence electrons. The highest BCUT2D eigenvalue weighted by Crippen LogP contribution is 2.41. The number of rotatable bonds is 7. The molecule has 1 aliphatic carbocycles. The van der Waals surface area contributed by atoms with Gasteiger partial charge in [-0.3, -0.25) is 5.10 Å². The monoisotopic (exact) mass is 449 g/mol. The molecule has 2 heterocycles. The number of nitrogens with zero attached hydrogens (tertiary/aromatic N) is 2. The van der Waals surface area contributed by atoms with Crippen LogP contribution in [0.4, 0.5) is 4.39 Å². The van der Waals surface area contributed by atoms with E-state index in [1.54, 1.807) is 18.3 Å². The molecule has 0 radical (unpaired) electrons. The van der Waals surface area contributed by atoms with E-state index in [1.807, 2.05) is 6.07 Å². The number of aliphatic carboxylic acids is 1. The van der Waals surface area contributed by atoms with Crippen molar-refractivity contribution >= 4 is 27.6 Å². The lowest BCUT2D eigenvalue weighted by Crippen LogP contribution is -2.40. The average Bonchev–Trinajstić information content (AvgIpc) is 3.21. The molecule has 2 aromatic heterocycles. The fraction of sp³-hybridized carbons (Fsp3) is 0.320. The smallest absolute Gasteiger partial charge is 0.329 e. The molecule has 5 rings (SSSR count). The largest absolute Gasteiger partial charge is 0.480 e. The number of carboxylic acids is 1. The Labute approximate surface area is 189 Å². The highest BCUT2D eigenvalue weighted by molar-refractivity contribution is 6.06. The number of benzene rings is 2. The number of carboxylic acid groups (broad SMARTS) is 1. The van der Waals surface area contributed by atoms with Gasteiger partial charge < -0.3 is 14.6 Å². The van der Waals surface area contributed by atoms with Crippen molar-refractivity contribution in [2.24, 2.45) is 0 Å². The number of hydrogen-bond acceptors (Lipinski definition) is 5. The van der Waals surface area contributed by atoms with Gasteiger partial charge in [-0.25, -0.2) is 14.2 Å². The van der Waals surface area contributed by atoms with E-state index in [2.05, 4.69) is 30.1 Å². The summed E-state index contributed by atoms with van der Waals surface area (Å²) < 4.78 is 25.3. The Kier molecular flexibility index (Phi) is 5.46. The number of aromatic amines is 1. The van der Waals surface area contributed by atoms with Crippen LogP contribution in [0.3, 0.4) is 0 Å². The zero-order valence-corrected chi connectivity index (χ0v) is 18.3. The van der Waals surface area contributed by atoms with Crippen LogP contribution >= 0.6 is 0 Å². The molecule has 33 heavy (non-hydrogen) atoms. The molecule has 0 saturated heterocycles. The number of carbonyl (C=O) groups is 1. The van der Waals surface area contributed by atoms with Crippen molar-refractivity contribution in [1.82, 2.24) is 15.2 Å². The van der Waals surface area contributed by atoms with Crippen molar-refractivity contribution in [3.05, 3.63) is 54.1 Å². The molecule has 4 aromatic rings. The van der Waals surface area contributed by atoms with E-state index in [9.17, 15) is 9.18 Å². The molecule has 1 aliphatic rings. The van der Waals surface area contributed by atoms with Crippen molar-refractivity contribution in [3.8, 4) is 17.0 Å². The predicted octanol–water partition coefficient (Wildman–Crippen LogP) is 5.05. The Morgan fingerprint density at radius 1 is 1.18 bits per heavy atom. The van der Waals surface area contributed by atoms with E-state index in [1.165, 1.54) is 12.1 Å². The van der Waals surface area contributed by atoms with Gasteiger partial charge in [0.05, 0.1) is 23.5 Å². The molecule has 0 amide bonds. The molecule has 2 N–H and O–H groups in total. The standard InChI is InChI=1S/C25H24FN3O4/c1-13(2)24-23(14-3-5-16(26)6-4-14)19-7-15-11-27-29-21(15)10-20(19)25(28-24)33-18-8-17(9-18)32-12-22(30)31/h3-7,10-11,13,17-18H,8-9,12H2,1-2H3,(H,27,29)(H,30,31)/t17-,18+. The lowest BCUT2D eigenvalue weighted by Gasteiger charge is -2.35. The van der Waals surface area contributed by atoms with Gasteiger partial charge in [-0.1, -0.05) is 26.0 Å². The van der Waals surface area contributed by atoms with Crippen molar-refractivity contribution in [2.45, 2.75) is 44.8 Å². The summed E-state index contributed by atoms with van der Waals surface area (Å²) in [4.78, 5) is 15.6. The predicted molar refractivity (Wildman–Crippen MR) is 122 cm³/mol. The summed E-state index contributed by atoms with van der Waals surface area (Å²) in [5.74, 6) is -0.639. The first kappa shape index (κ1) is 21.3. The number of aromatic nitrogens is 3. The van der Waals surface area contributed by atoms with Gasteiger partial charge in [0.2, 0.25) is 5.88 Å². The van der Waals surface area contributed by atoms with Crippen LogP contribution in [0, 0.1) is 5.82 Å². The van der Waals surface area contributed by atoms with Gasteiger partial charge in [-0.05, 0) is 41.1 Å². The van der Waals surface area contributed by atoms with Gasteiger partial charge in [-0.2, -0.15) is 5.10 Å². The summed E-state index contributed by atoms with van der Waals surface area (Å²) in [6.45, 7) is 3.83. The molecular formula is C25H24FN3O4. The van der Waals surface area contributed by atoms with Gasteiger partial charge in [0.15, 0.2) is 0 Å². The maximum atomic E-state index is 13.6. The molecular weight excluding hydrogens is 425 g/mol. The molecule has 2 aromatic carbocycles. The molecule has 0 spiro atoms.